The molecule has 0 aliphatic rings. The van der Waals surface area contributed by atoms with Crippen LogP contribution in [0.25, 0.3) is 0 Å². The molecule has 1 aromatic carbocycles. The second kappa shape index (κ2) is 6.60. The van der Waals surface area contributed by atoms with Crippen molar-refractivity contribution in [2.24, 2.45) is 0 Å². The summed E-state index contributed by atoms with van der Waals surface area (Å²) in [5, 5.41) is 8.76. The molecule has 0 bridgehead atoms. The third kappa shape index (κ3) is 3.62. The number of aromatic nitrogens is 1. The number of carboxylic acids is 1. The smallest absolute Gasteiger partial charge is 0.354 e. The fourth-order valence-corrected chi connectivity index (χ4v) is 1.73. The van der Waals surface area contributed by atoms with Crippen LogP contribution in [0.3, 0.4) is 0 Å². The molecule has 21 heavy (non-hydrogen) atoms. The van der Waals surface area contributed by atoms with Crippen molar-refractivity contribution in [3.8, 4) is 17.2 Å². The van der Waals surface area contributed by atoms with Gasteiger partial charge in [-0.25, -0.2) is 9.78 Å². The van der Waals surface area contributed by atoms with E-state index in [1.54, 1.807) is 26.4 Å². The van der Waals surface area contributed by atoms with Crippen molar-refractivity contribution in [3.05, 3.63) is 47.8 Å². The number of hydrogen-bond donors (Lipinski definition) is 1. The molecule has 0 amide bonds. The van der Waals surface area contributed by atoms with Crippen molar-refractivity contribution in [2.45, 2.75) is 6.61 Å². The highest BCUT2D eigenvalue weighted by molar-refractivity contribution is 5.85. The summed E-state index contributed by atoms with van der Waals surface area (Å²) in [5.41, 5.74) is 0.878. The lowest BCUT2D eigenvalue weighted by Crippen LogP contribution is -2.01. The van der Waals surface area contributed by atoms with Gasteiger partial charge in [0.25, 0.3) is 0 Å². The zero-order valence-electron chi connectivity index (χ0n) is 11.7. The minimum Gasteiger partial charge on any atom is -0.493 e. The SMILES string of the molecule is COc1ccc(COc2ccc(C(=O)O)nc2)cc1OC. The van der Waals surface area contributed by atoms with Crippen LogP contribution in [0.2, 0.25) is 0 Å². The predicted octanol–water partition coefficient (Wildman–Crippen LogP) is 2.38. The summed E-state index contributed by atoms with van der Waals surface area (Å²) in [5.74, 6) is 0.697. The molecule has 1 N–H and O–H groups in total. The lowest BCUT2D eigenvalue weighted by atomic mass is 10.2. The third-order valence-electron chi connectivity index (χ3n) is 2.81. The van der Waals surface area contributed by atoms with Gasteiger partial charge in [-0.15, -0.1) is 0 Å². The maximum atomic E-state index is 10.7. The van der Waals surface area contributed by atoms with Crippen LogP contribution in [0.5, 0.6) is 17.2 Å². The number of benzene rings is 1. The molecule has 0 atom stereocenters. The summed E-state index contributed by atoms with van der Waals surface area (Å²) in [6, 6.07) is 8.44. The first-order valence-electron chi connectivity index (χ1n) is 6.17. The highest BCUT2D eigenvalue weighted by Gasteiger charge is 2.06. The second-order valence-corrected chi connectivity index (χ2v) is 4.16. The first kappa shape index (κ1) is 14.6. The van der Waals surface area contributed by atoms with Crippen molar-refractivity contribution in [3.63, 3.8) is 0 Å². The second-order valence-electron chi connectivity index (χ2n) is 4.16. The maximum Gasteiger partial charge on any atom is 0.354 e. The van der Waals surface area contributed by atoms with Crippen molar-refractivity contribution in [1.82, 2.24) is 4.98 Å². The van der Waals surface area contributed by atoms with Crippen molar-refractivity contribution in [1.29, 1.82) is 0 Å². The molecule has 2 aromatic rings. The Bertz CT molecular complexity index is 624. The van der Waals surface area contributed by atoms with Crippen LogP contribution in [0.1, 0.15) is 16.1 Å². The molecule has 110 valence electrons. The van der Waals surface area contributed by atoms with Gasteiger partial charge in [-0.1, -0.05) is 6.07 Å². The van der Waals surface area contributed by atoms with Gasteiger partial charge in [0.1, 0.15) is 18.1 Å². The van der Waals surface area contributed by atoms with Gasteiger partial charge in [-0.05, 0) is 29.8 Å². The Labute approximate surface area is 121 Å². The number of carboxylic acid groups (broad SMARTS) is 1. The molecular formula is C15H15NO5. The molecule has 0 saturated heterocycles. The first-order chi connectivity index (χ1) is 10.1. The zero-order chi connectivity index (χ0) is 15.2. The molecule has 0 saturated carbocycles. The van der Waals surface area contributed by atoms with E-state index in [-0.39, 0.29) is 5.69 Å². The van der Waals surface area contributed by atoms with Crippen molar-refractivity contribution >= 4 is 5.97 Å². The number of carbonyl (C=O) groups is 1. The van der Waals surface area contributed by atoms with E-state index in [0.29, 0.717) is 23.9 Å². The molecule has 6 heteroatoms. The summed E-state index contributed by atoms with van der Waals surface area (Å²) >= 11 is 0. The van der Waals surface area contributed by atoms with E-state index in [9.17, 15) is 4.79 Å². The van der Waals surface area contributed by atoms with Crippen LogP contribution in [0, 0.1) is 0 Å². The molecule has 2 rings (SSSR count). The molecular weight excluding hydrogens is 274 g/mol. The number of methoxy groups -OCH3 is 2. The average molecular weight is 289 g/mol. The Hall–Kier alpha value is -2.76. The summed E-state index contributed by atoms with van der Waals surface area (Å²) < 4.78 is 15.9. The quantitative estimate of drug-likeness (QED) is 0.879. The third-order valence-corrected chi connectivity index (χ3v) is 2.81. The molecule has 0 aliphatic carbocycles. The van der Waals surface area contributed by atoms with Gasteiger partial charge < -0.3 is 19.3 Å². The van der Waals surface area contributed by atoms with Crippen molar-refractivity contribution < 1.29 is 24.1 Å². The number of hydrogen-bond acceptors (Lipinski definition) is 5. The van der Waals surface area contributed by atoms with E-state index in [1.807, 2.05) is 12.1 Å². The van der Waals surface area contributed by atoms with Gasteiger partial charge in [0.05, 0.1) is 20.4 Å². The monoisotopic (exact) mass is 289 g/mol. The molecule has 6 nitrogen and oxygen atoms in total. The summed E-state index contributed by atoms with van der Waals surface area (Å²) in [4.78, 5) is 14.5. The lowest BCUT2D eigenvalue weighted by Gasteiger charge is -2.10. The van der Waals surface area contributed by atoms with Crippen LogP contribution >= 0.6 is 0 Å². The zero-order valence-corrected chi connectivity index (χ0v) is 11.7. The number of pyridine rings is 1. The number of nitrogens with zero attached hydrogens (tertiary/aromatic N) is 1. The van der Waals surface area contributed by atoms with E-state index in [2.05, 4.69) is 4.98 Å². The first-order valence-corrected chi connectivity index (χ1v) is 6.17. The van der Waals surface area contributed by atoms with Crippen LogP contribution in [0.4, 0.5) is 0 Å². The van der Waals surface area contributed by atoms with Gasteiger partial charge >= 0.3 is 5.97 Å². The standard InChI is InChI=1S/C15H15NO5/c1-19-13-6-3-10(7-14(13)20-2)9-21-11-4-5-12(15(17)18)16-8-11/h3-8H,9H2,1-2H3,(H,17,18). The van der Waals surface area contributed by atoms with Crippen LogP contribution in [0.15, 0.2) is 36.5 Å². The van der Waals surface area contributed by atoms with E-state index in [1.165, 1.54) is 12.3 Å². The molecule has 0 radical (unpaired) electrons. The van der Waals surface area contributed by atoms with Crippen LogP contribution in [-0.2, 0) is 6.61 Å². The Kier molecular flexibility index (Phi) is 4.61. The molecule has 0 spiro atoms. The number of aromatic carboxylic acids is 1. The number of rotatable bonds is 6. The molecule has 0 fully saturated rings. The normalized spacial score (nSPS) is 10.0. The highest BCUT2D eigenvalue weighted by Crippen LogP contribution is 2.28. The lowest BCUT2D eigenvalue weighted by molar-refractivity contribution is 0.0690. The predicted molar refractivity (Wildman–Crippen MR) is 75.1 cm³/mol. The highest BCUT2D eigenvalue weighted by atomic mass is 16.5. The Balaban J connectivity index is 2.04. The van der Waals surface area contributed by atoms with E-state index in [0.717, 1.165) is 5.56 Å². The molecule has 1 aromatic heterocycles. The average Bonchev–Trinajstić information content (AvgIpc) is 2.52. The topological polar surface area (TPSA) is 77.9 Å². The minimum absolute atomic E-state index is 0.0199. The largest absolute Gasteiger partial charge is 0.493 e. The van der Waals surface area contributed by atoms with E-state index < -0.39 is 5.97 Å². The fourth-order valence-electron chi connectivity index (χ4n) is 1.73. The van der Waals surface area contributed by atoms with Gasteiger partial charge in [0, 0.05) is 0 Å². The van der Waals surface area contributed by atoms with Gasteiger partial charge in [-0.2, -0.15) is 0 Å². The van der Waals surface area contributed by atoms with Crippen molar-refractivity contribution in [2.75, 3.05) is 14.2 Å². The van der Waals surface area contributed by atoms with Gasteiger partial charge in [0.15, 0.2) is 11.5 Å². The minimum atomic E-state index is -1.07. The van der Waals surface area contributed by atoms with E-state index >= 15 is 0 Å². The summed E-state index contributed by atoms with van der Waals surface area (Å²) in [7, 11) is 3.14. The molecule has 0 aliphatic heterocycles. The fraction of sp³-hybridized carbons (Fsp3) is 0.200. The Morgan fingerprint density at radius 3 is 2.48 bits per heavy atom. The van der Waals surface area contributed by atoms with Crippen LogP contribution < -0.4 is 14.2 Å². The van der Waals surface area contributed by atoms with Gasteiger partial charge in [-0.3, -0.25) is 0 Å². The van der Waals surface area contributed by atoms with Crippen LogP contribution in [-0.4, -0.2) is 30.3 Å². The number of ether oxygens (including phenoxy) is 3. The van der Waals surface area contributed by atoms with Gasteiger partial charge in [0.2, 0.25) is 0 Å². The molecule has 1 heterocycles. The maximum absolute atomic E-state index is 10.7. The molecule has 0 unspecified atom stereocenters. The summed E-state index contributed by atoms with van der Waals surface area (Å²) in [6.45, 7) is 0.314. The Morgan fingerprint density at radius 1 is 1.14 bits per heavy atom. The summed E-state index contributed by atoms with van der Waals surface area (Å²) in [6.07, 6.45) is 1.38. The Morgan fingerprint density at radius 2 is 1.90 bits per heavy atom. The van der Waals surface area contributed by atoms with E-state index in [4.69, 9.17) is 19.3 Å².